The number of benzene rings is 2. The molecule has 0 aliphatic heterocycles. The molecule has 2 rings (SSSR count). The molecule has 0 radical (unpaired) electrons. The van der Waals surface area contributed by atoms with Crippen molar-refractivity contribution < 1.29 is 23.9 Å². The fraction of sp³-hybridized carbons (Fsp3) is 0.200. The zero-order chi connectivity index (χ0) is 20.8. The van der Waals surface area contributed by atoms with Crippen molar-refractivity contribution >= 4 is 46.5 Å². The van der Waals surface area contributed by atoms with Gasteiger partial charge in [0.2, 0.25) is 17.6 Å². The lowest BCUT2D eigenvalue weighted by molar-refractivity contribution is -0.115. The first kappa shape index (κ1) is 21.1. The van der Waals surface area contributed by atoms with E-state index in [0.717, 1.165) is 0 Å². The minimum absolute atomic E-state index is 0.0701. The highest BCUT2D eigenvalue weighted by Crippen LogP contribution is 2.21. The largest absolute Gasteiger partial charge is 0.451 e. The van der Waals surface area contributed by atoms with E-state index in [1.165, 1.54) is 45.0 Å². The van der Waals surface area contributed by atoms with Crippen LogP contribution in [-0.2, 0) is 14.3 Å². The number of ketones is 1. The molecule has 0 spiro atoms. The molecule has 0 heterocycles. The van der Waals surface area contributed by atoms with Crippen molar-refractivity contribution in [2.75, 3.05) is 10.6 Å². The van der Waals surface area contributed by atoms with E-state index in [1.54, 1.807) is 18.2 Å². The number of rotatable bonds is 6. The maximum absolute atomic E-state index is 12.5. The minimum atomic E-state index is -1.06. The van der Waals surface area contributed by atoms with E-state index < -0.39 is 17.9 Å². The summed E-state index contributed by atoms with van der Waals surface area (Å²) in [5.74, 6) is -1.87. The highest BCUT2D eigenvalue weighted by atomic mass is 35.5. The van der Waals surface area contributed by atoms with Gasteiger partial charge in [-0.2, -0.15) is 0 Å². The average Bonchev–Trinajstić information content (AvgIpc) is 2.59. The molecule has 1 unspecified atom stereocenters. The fourth-order valence-electron chi connectivity index (χ4n) is 2.45. The van der Waals surface area contributed by atoms with Crippen LogP contribution in [0.4, 0.5) is 11.4 Å². The average molecular weight is 403 g/mol. The van der Waals surface area contributed by atoms with Gasteiger partial charge in [0.1, 0.15) is 0 Å². The van der Waals surface area contributed by atoms with Crippen LogP contribution in [0.3, 0.4) is 0 Å². The van der Waals surface area contributed by atoms with Crippen molar-refractivity contribution in [2.24, 2.45) is 0 Å². The Bertz CT molecular complexity index is 908. The molecule has 28 heavy (non-hydrogen) atoms. The molecular formula is C20H19ClN2O5. The Morgan fingerprint density at radius 3 is 1.96 bits per heavy atom. The summed E-state index contributed by atoms with van der Waals surface area (Å²) in [6.07, 6.45) is -1.06. The topological polar surface area (TPSA) is 102 Å². The van der Waals surface area contributed by atoms with E-state index in [1.807, 2.05) is 0 Å². The van der Waals surface area contributed by atoms with Crippen molar-refractivity contribution in [3.63, 3.8) is 0 Å². The second-order valence-electron chi connectivity index (χ2n) is 6.08. The van der Waals surface area contributed by atoms with E-state index in [-0.39, 0.29) is 17.4 Å². The Hall–Kier alpha value is -3.19. The third kappa shape index (κ3) is 5.92. The number of ether oxygens (including phenoxy) is 1. The Labute approximate surface area is 167 Å². The summed E-state index contributed by atoms with van der Waals surface area (Å²) in [4.78, 5) is 47.6. The maximum Gasteiger partial charge on any atom is 0.338 e. The molecule has 0 aliphatic rings. The van der Waals surface area contributed by atoms with Gasteiger partial charge in [0.15, 0.2) is 6.10 Å². The van der Waals surface area contributed by atoms with Gasteiger partial charge in [0, 0.05) is 35.8 Å². The number of halogens is 1. The molecule has 2 N–H and O–H groups in total. The van der Waals surface area contributed by atoms with Gasteiger partial charge >= 0.3 is 5.97 Å². The molecule has 8 heteroatoms. The number of carbonyl (C=O) groups is 4. The van der Waals surface area contributed by atoms with E-state index in [2.05, 4.69) is 10.6 Å². The molecule has 2 aromatic carbocycles. The predicted octanol–water partition coefficient (Wildman–Crippen LogP) is 3.69. The standard InChI is InChI=1S/C20H19ClN2O5/c1-11(19(26)14-5-4-6-16(21)7-14)28-20(27)15-8-17(22-12(2)24)10-18(9-15)23-13(3)25/h4-11H,1-3H3,(H,22,24)(H,23,25). The minimum Gasteiger partial charge on any atom is -0.451 e. The number of hydrogen-bond donors (Lipinski definition) is 2. The lowest BCUT2D eigenvalue weighted by Crippen LogP contribution is -2.24. The Morgan fingerprint density at radius 1 is 0.893 bits per heavy atom. The van der Waals surface area contributed by atoms with E-state index in [9.17, 15) is 19.2 Å². The first-order chi connectivity index (χ1) is 13.2. The van der Waals surface area contributed by atoms with Crippen LogP contribution in [0.2, 0.25) is 5.02 Å². The normalized spacial score (nSPS) is 11.3. The predicted molar refractivity (Wildman–Crippen MR) is 106 cm³/mol. The quantitative estimate of drug-likeness (QED) is 0.566. The van der Waals surface area contributed by atoms with Crippen LogP contribution in [0.1, 0.15) is 41.5 Å². The first-order valence-corrected chi connectivity index (χ1v) is 8.74. The number of hydrogen-bond acceptors (Lipinski definition) is 5. The molecule has 2 aromatic rings. The number of nitrogens with one attached hydrogen (secondary N) is 2. The third-order valence-corrected chi connectivity index (χ3v) is 3.81. The number of carbonyl (C=O) groups excluding carboxylic acids is 4. The van der Waals surface area contributed by atoms with Crippen LogP contribution in [0, 0.1) is 0 Å². The molecule has 146 valence electrons. The zero-order valence-electron chi connectivity index (χ0n) is 15.5. The van der Waals surface area contributed by atoms with Crippen molar-refractivity contribution in [3.05, 3.63) is 58.6 Å². The van der Waals surface area contributed by atoms with E-state index >= 15 is 0 Å². The molecule has 0 aliphatic carbocycles. The molecular weight excluding hydrogens is 384 g/mol. The van der Waals surface area contributed by atoms with Crippen LogP contribution >= 0.6 is 11.6 Å². The summed E-state index contributed by atoms with van der Waals surface area (Å²) in [5, 5.41) is 5.48. The van der Waals surface area contributed by atoms with Gasteiger partial charge in [-0.05, 0) is 37.3 Å². The van der Waals surface area contributed by atoms with Gasteiger partial charge < -0.3 is 15.4 Å². The first-order valence-electron chi connectivity index (χ1n) is 8.36. The highest BCUT2D eigenvalue weighted by Gasteiger charge is 2.21. The number of Topliss-reactive ketones (excluding diaryl/α,β-unsaturated/α-hetero) is 1. The summed E-state index contributed by atoms with van der Waals surface area (Å²) < 4.78 is 5.26. The number of amides is 2. The second-order valence-corrected chi connectivity index (χ2v) is 6.52. The summed E-state index contributed by atoms with van der Waals surface area (Å²) in [5.41, 5.74) is 0.999. The lowest BCUT2D eigenvalue weighted by atomic mass is 10.1. The summed E-state index contributed by atoms with van der Waals surface area (Å²) in [6.45, 7) is 4.08. The van der Waals surface area contributed by atoms with Crippen molar-refractivity contribution in [3.8, 4) is 0 Å². The highest BCUT2D eigenvalue weighted by molar-refractivity contribution is 6.31. The Kier molecular flexibility index (Phi) is 6.89. The van der Waals surface area contributed by atoms with Gasteiger partial charge in [-0.15, -0.1) is 0 Å². The molecule has 0 saturated heterocycles. The van der Waals surface area contributed by atoms with Gasteiger partial charge in [0.25, 0.3) is 0 Å². The van der Waals surface area contributed by atoms with Crippen molar-refractivity contribution in [2.45, 2.75) is 26.9 Å². The summed E-state index contributed by atoms with van der Waals surface area (Å²) in [6, 6.07) is 10.6. The number of esters is 1. The van der Waals surface area contributed by atoms with Gasteiger partial charge in [-0.3, -0.25) is 14.4 Å². The third-order valence-electron chi connectivity index (χ3n) is 3.57. The molecule has 0 bridgehead atoms. The number of anilines is 2. The van der Waals surface area contributed by atoms with Crippen LogP contribution in [0.25, 0.3) is 0 Å². The molecule has 7 nitrogen and oxygen atoms in total. The molecule has 1 atom stereocenters. The summed E-state index contributed by atoms with van der Waals surface area (Å²) >= 11 is 5.88. The van der Waals surface area contributed by atoms with E-state index in [0.29, 0.717) is 22.0 Å². The second kappa shape index (κ2) is 9.14. The molecule has 2 amide bonds. The fourth-order valence-corrected chi connectivity index (χ4v) is 2.65. The van der Waals surface area contributed by atoms with Gasteiger partial charge in [-0.1, -0.05) is 23.7 Å². The smallest absolute Gasteiger partial charge is 0.338 e. The SMILES string of the molecule is CC(=O)Nc1cc(NC(C)=O)cc(C(=O)OC(C)C(=O)c2cccc(Cl)c2)c1. The van der Waals surface area contributed by atoms with Crippen molar-refractivity contribution in [1.29, 1.82) is 0 Å². The van der Waals surface area contributed by atoms with E-state index in [4.69, 9.17) is 16.3 Å². The Balaban J connectivity index is 2.22. The lowest BCUT2D eigenvalue weighted by Gasteiger charge is -2.14. The molecule has 0 aromatic heterocycles. The summed E-state index contributed by atoms with van der Waals surface area (Å²) in [7, 11) is 0. The van der Waals surface area contributed by atoms with Crippen molar-refractivity contribution in [1.82, 2.24) is 0 Å². The van der Waals surface area contributed by atoms with Gasteiger partial charge in [-0.25, -0.2) is 4.79 Å². The van der Waals surface area contributed by atoms with Crippen LogP contribution < -0.4 is 10.6 Å². The Morgan fingerprint density at radius 2 is 1.46 bits per heavy atom. The van der Waals surface area contributed by atoms with Crippen LogP contribution in [0.15, 0.2) is 42.5 Å². The van der Waals surface area contributed by atoms with Gasteiger partial charge in [0.05, 0.1) is 5.56 Å². The zero-order valence-corrected chi connectivity index (χ0v) is 16.3. The van der Waals surface area contributed by atoms with Crippen LogP contribution in [0.5, 0.6) is 0 Å². The molecule has 0 fully saturated rings. The monoisotopic (exact) mass is 402 g/mol. The molecule has 0 saturated carbocycles. The van der Waals surface area contributed by atoms with Crippen LogP contribution in [-0.4, -0.2) is 29.7 Å². The maximum atomic E-state index is 12.5.